The Kier molecular flexibility index (Phi) is 6.87. The molecule has 2 atom stereocenters. The molecule has 1 N–H and O–H groups in total. The maximum Gasteiger partial charge on any atom is 0.416 e. The Balaban J connectivity index is 1.86. The lowest BCUT2D eigenvalue weighted by Gasteiger charge is -2.46. The van der Waals surface area contributed by atoms with Crippen LogP contribution >= 0.6 is 11.8 Å². The molecule has 41 heavy (non-hydrogen) atoms. The van der Waals surface area contributed by atoms with Crippen molar-refractivity contribution < 1.29 is 41.0 Å². The van der Waals surface area contributed by atoms with Gasteiger partial charge in [0.05, 0.1) is 17.2 Å². The van der Waals surface area contributed by atoms with E-state index in [1.54, 1.807) is 24.3 Å². The SMILES string of the molecule is CC(=O)c1cn2c(c(O)c1=O)C(=O)N([C@H](C)C(F)(F)F)CN2[C@@H]1c2ccccc2SCc2c1cccc2C(F)(F)F. The molecule has 5 rings (SSSR count). The Hall–Kier alpha value is -3.94. The normalized spacial score (nSPS) is 17.9. The number of ketones is 1. The van der Waals surface area contributed by atoms with Crippen molar-refractivity contribution in [3.63, 3.8) is 0 Å². The summed E-state index contributed by atoms with van der Waals surface area (Å²) in [6, 6.07) is 6.41. The molecule has 0 spiro atoms. The molecule has 2 aromatic carbocycles. The molecule has 1 amide bonds. The molecule has 216 valence electrons. The summed E-state index contributed by atoms with van der Waals surface area (Å²) in [5, 5.41) is 11.9. The Morgan fingerprint density at radius 3 is 2.32 bits per heavy atom. The van der Waals surface area contributed by atoms with Crippen LogP contribution in [-0.2, 0) is 11.9 Å². The van der Waals surface area contributed by atoms with Gasteiger partial charge in [0, 0.05) is 16.8 Å². The van der Waals surface area contributed by atoms with Gasteiger partial charge in [-0.2, -0.15) is 26.3 Å². The third kappa shape index (κ3) is 4.73. The number of hydrogen-bond acceptors (Lipinski definition) is 6. The molecule has 0 aliphatic carbocycles. The maximum absolute atomic E-state index is 14.1. The van der Waals surface area contributed by atoms with Crippen LogP contribution in [0.25, 0.3) is 0 Å². The highest BCUT2D eigenvalue weighted by Crippen LogP contribution is 2.46. The zero-order valence-corrected chi connectivity index (χ0v) is 22.2. The van der Waals surface area contributed by atoms with Crippen LogP contribution in [-0.4, -0.2) is 45.3 Å². The van der Waals surface area contributed by atoms with Crippen LogP contribution < -0.4 is 10.4 Å². The summed E-state index contributed by atoms with van der Waals surface area (Å²) in [6.45, 7) is 0.946. The number of fused-ring (bicyclic) bond motifs is 3. The second-order valence-electron chi connectivity index (χ2n) is 9.64. The number of benzene rings is 2. The molecule has 0 fully saturated rings. The smallest absolute Gasteiger partial charge is 0.416 e. The molecule has 0 unspecified atom stereocenters. The Bertz CT molecular complexity index is 1630. The zero-order chi connectivity index (χ0) is 30.0. The molecule has 0 saturated carbocycles. The maximum atomic E-state index is 14.1. The van der Waals surface area contributed by atoms with Crippen molar-refractivity contribution in [1.29, 1.82) is 0 Å². The molecule has 7 nitrogen and oxygen atoms in total. The van der Waals surface area contributed by atoms with Gasteiger partial charge in [0.25, 0.3) is 5.91 Å². The lowest BCUT2D eigenvalue weighted by atomic mass is 9.91. The second-order valence-corrected chi connectivity index (χ2v) is 10.7. The Morgan fingerprint density at radius 2 is 1.68 bits per heavy atom. The van der Waals surface area contributed by atoms with Crippen LogP contribution in [0.3, 0.4) is 0 Å². The number of rotatable bonds is 3. The highest BCUT2D eigenvalue weighted by Gasteiger charge is 2.48. The molecule has 3 aromatic rings. The fourth-order valence-electron chi connectivity index (χ4n) is 5.11. The number of carbonyl (C=O) groups excluding carboxylic acids is 2. The Morgan fingerprint density at radius 1 is 1.02 bits per heavy atom. The fourth-order valence-corrected chi connectivity index (χ4v) is 6.25. The predicted molar refractivity (Wildman–Crippen MR) is 136 cm³/mol. The molecular formula is C27H21F6N3O4S. The van der Waals surface area contributed by atoms with Crippen LogP contribution in [0.5, 0.6) is 5.75 Å². The highest BCUT2D eigenvalue weighted by atomic mass is 32.2. The lowest BCUT2D eigenvalue weighted by molar-refractivity contribution is -0.173. The summed E-state index contributed by atoms with van der Waals surface area (Å²) in [7, 11) is 0. The second kappa shape index (κ2) is 9.86. The van der Waals surface area contributed by atoms with E-state index in [9.17, 15) is 45.8 Å². The molecule has 1 aromatic heterocycles. The summed E-state index contributed by atoms with van der Waals surface area (Å²) in [5.41, 5.74) is -3.18. The quantitative estimate of drug-likeness (QED) is 0.319. The monoisotopic (exact) mass is 597 g/mol. The van der Waals surface area contributed by atoms with E-state index in [4.69, 9.17) is 0 Å². The molecule has 2 aliphatic rings. The van der Waals surface area contributed by atoms with E-state index < -0.39 is 70.8 Å². The minimum Gasteiger partial charge on any atom is -0.502 e. The predicted octanol–water partition coefficient (Wildman–Crippen LogP) is 5.47. The van der Waals surface area contributed by atoms with Crippen molar-refractivity contribution in [2.24, 2.45) is 0 Å². The van der Waals surface area contributed by atoms with Gasteiger partial charge < -0.3 is 10.0 Å². The largest absolute Gasteiger partial charge is 0.502 e. The Labute approximate surface area is 232 Å². The first kappa shape index (κ1) is 28.6. The molecule has 0 bridgehead atoms. The van der Waals surface area contributed by atoms with Crippen molar-refractivity contribution in [2.45, 2.75) is 48.9 Å². The number of pyridine rings is 1. The van der Waals surface area contributed by atoms with Crippen LogP contribution in [0.1, 0.15) is 63.0 Å². The first-order valence-electron chi connectivity index (χ1n) is 12.2. The molecule has 3 heterocycles. The van der Waals surface area contributed by atoms with Gasteiger partial charge in [-0.05, 0) is 42.7 Å². The standard InChI is InChI=1S/C27H21F6N3O4S/c1-13(37)17-10-35-22(24(39)23(17)38)25(40)34(14(2)26(28,29)30)12-36(35)21-15-7-5-8-19(27(31,32)33)18(15)11-41-20-9-4-3-6-16(20)21/h3-10,14,21,39H,11-12H2,1-2H3/t14-,21+/m1/s1. The average molecular weight is 598 g/mol. The van der Waals surface area contributed by atoms with Gasteiger partial charge in [0.2, 0.25) is 5.43 Å². The zero-order valence-electron chi connectivity index (χ0n) is 21.4. The van der Waals surface area contributed by atoms with Gasteiger partial charge in [-0.15, -0.1) is 11.8 Å². The first-order chi connectivity index (χ1) is 19.1. The topological polar surface area (TPSA) is 82.8 Å². The minimum absolute atomic E-state index is 0.0970. The first-order valence-corrected chi connectivity index (χ1v) is 13.2. The van der Waals surface area contributed by atoms with Crippen LogP contribution in [0.15, 0.2) is 58.4 Å². The van der Waals surface area contributed by atoms with Crippen molar-refractivity contribution >= 4 is 23.5 Å². The number of halogens is 6. The van der Waals surface area contributed by atoms with Crippen molar-refractivity contribution in [3.8, 4) is 5.75 Å². The number of amides is 1. The van der Waals surface area contributed by atoms with Gasteiger partial charge in [0.15, 0.2) is 17.2 Å². The summed E-state index contributed by atoms with van der Waals surface area (Å²) < 4.78 is 85.0. The van der Waals surface area contributed by atoms with Crippen LogP contribution in [0.4, 0.5) is 26.3 Å². The summed E-state index contributed by atoms with van der Waals surface area (Å²) in [6.07, 6.45) is -8.73. The summed E-state index contributed by atoms with van der Waals surface area (Å²) in [4.78, 5) is 39.3. The molecule has 0 radical (unpaired) electrons. The average Bonchev–Trinajstić information content (AvgIpc) is 3.06. The number of hydrogen-bond donors (Lipinski definition) is 1. The van der Waals surface area contributed by atoms with Crippen LogP contribution in [0, 0.1) is 0 Å². The number of alkyl halides is 6. The fraction of sp³-hybridized carbons (Fsp3) is 0.296. The van der Waals surface area contributed by atoms with Gasteiger partial charge in [-0.1, -0.05) is 30.3 Å². The number of aromatic nitrogens is 1. The number of thioether (sulfide) groups is 1. The van der Waals surface area contributed by atoms with Gasteiger partial charge in [-0.25, -0.2) is 0 Å². The van der Waals surface area contributed by atoms with Gasteiger partial charge in [-0.3, -0.25) is 24.1 Å². The lowest BCUT2D eigenvalue weighted by Crippen LogP contribution is -2.60. The van der Waals surface area contributed by atoms with Crippen molar-refractivity contribution in [2.75, 3.05) is 11.7 Å². The number of Topliss-reactive ketones (excluding diaryl/α,β-unsaturated/α-hetero) is 1. The van der Waals surface area contributed by atoms with E-state index in [0.717, 1.165) is 47.6 Å². The molecular weight excluding hydrogens is 576 g/mol. The number of aromatic hydroxyl groups is 1. The van der Waals surface area contributed by atoms with Crippen LogP contribution in [0.2, 0.25) is 0 Å². The van der Waals surface area contributed by atoms with E-state index in [1.807, 2.05) is 0 Å². The van der Waals surface area contributed by atoms with E-state index in [2.05, 4.69) is 0 Å². The summed E-state index contributed by atoms with van der Waals surface area (Å²) in [5.74, 6) is -3.49. The third-order valence-electron chi connectivity index (χ3n) is 7.22. The highest BCUT2D eigenvalue weighted by molar-refractivity contribution is 7.98. The van der Waals surface area contributed by atoms with Crippen molar-refractivity contribution in [1.82, 2.24) is 9.58 Å². The molecule has 0 saturated heterocycles. The van der Waals surface area contributed by atoms with E-state index in [0.29, 0.717) is 15.4 Å². The van der Waals surface area contributed by atoms with E-state index in [1.165, 1.54) is 12.1 Å². The molecule has 2 aliphatic heterocycles. The minimum atomic E-state index is -4.92. The van der Waals surface area contributed by atoms with E-state index >= 15 is 0 Å². The number of carbonyl (C=O) groups is 2. The third-order valence-corrected chi connectivity index (χ3v) is 8.33. The molecule has 14 heteroatoms. The van der Waals surface area contributed by atoms with Gasteiger partial charge >= 0.3 is 12.4 Å². The van der Waals surface area contributed by atoms with Gasteiger partial charge in [0.1, 0.15) is 12.7 Å². The van der Waals surface area contributed by atoms with E-state index in [-0.39, 0.29) is 16.9 Å². The summed E-state index contributed by atoms with van der Waals surface area (Å²) >= 11 is 1.11. The number of nitrogens with zero attached hydrogens (tertiary/aromatic N) is 3. The van der Waals surface area contributed by atoms with Crippen molar-refractivity contribution in [3.05, 3.63) is 92.4 Å².